The van der Waals surface area contributed by atoms with Gasteiger partial charge in [0.15, 0.2) is 0 Å². The van der Waals surface area contributed by atoms with E-state index in [1.54, 1.807) is 73.3 Å². The molecule has 0 fully saturated rings. The van der Waals surface area contributed by atoms with Gasteiger partial charge in [0.05, 0.1) is 38.4 Å². The molecule has 0 radical (unpaired) electrons. The second-order valence-corrected chi connectivity index (χ2v) is 11.9. The predicted octanol–water partition coefficient (Wildman–Crippen LogP) is 5.81. The normalized spacial score (nSPS) is 16.9. The zero-order valence-electron chi connectivity index (χ0n) is 27.0. The summed E-state index contributed by atoms with van der Waals surface area (Å²) in [4.78, 5) is 43.0. The number of fused-ring (bicyclic) bond motifs is 2. The first-order valence-corrected chi connectivity index (χ1v) is 15.6. The quantitative estimate of drug-likeness (QED) is 0.193. The summed E-state index contributed by atoms with van der Waals surface area (Å²) in [6.45, 7) is 4.13. The van der Waals surface area contributed by atoms with Gasteiger partial charge >= 0.3 is 12.1 Å². The van der Waals surface area contributed by atoms with Crippen LogP contribution in [0.3, 0.4) is 0 Å². The molecule has 11 nitrogen and oxygen atoms in total. The Labute approximate surface area is 274 Å². The lowest BCUT2D eigenvalue weighted by Crippen LogP contribution is -2.48. The van der Waals surface area contributed by atoms with Gasteiger partial charge in [-0.15, -0.1) is 0 Å². The first kappa shape index (κ1) is 33.1. The fourth-order valence-corrected chi connectivity index (χ4v) is 5.59. The van der Waals surface area contributed by atoms with Crippen molar-refractivity contribution in [3.05, 3.63) is 90.5 Å². The summed E-state index contributed by atoms with van der Waals surface area (Å²) in [7, 11) is 3.28. The van der Waals surface area contributed by atoms with Crippen LogP contribution >= 0.6 is 0 Å². The number of nitrogens with zero attached hydrogens (tertiary/aromatic N) is 2. The number of rotatable bonds is 8. The number of benzene rings is 4. The van der Waals surface area contributed by atoms with Gasteiger partial charge in [0.25, 0.3) is 0 Å². The summed E-state index contributed by atoms with van der Waals surface area (Å²) in [5.74, 6) is 0.787. The number of methoxy groups -OCH3 is 1. The topological polar surface area (TPSA) is 132 Å². The molecule has 1 aliphatic rings. The SMILES string of the molecule is COc1ccc(NC(=O)Nc2ccc3c(c2)CC(=O)N([C@H](C)CO)C[C@H](C)[C@@H](CN(C)C(=O)Nc2cccc4ccccc24)O3)cc1. The van der Waals surface area contributed by atoms with Gasteiger partial charge in [0.2, 0.25) is 5.91 Å². The first-order valence-electron chi connectivity index (χ1n) is 15.6. The van der Waals surface area contributed by atoms with Crippen LogP contribution < -0.4 is 25.4 Å². The van der Waals surface area contributed by atoms with Gasteiger partial charge in [-0.25, -0.2) is 9.59 Å². The number of carbonyl (C=O) groups excluding carboxylic acids is 3. The van der Waals surface area contributed by atoms with Gasteiger partial charge in [0.1, 0.15) is 17.6 Å². The van der Waals surface area contributed by atoms with E-state index in [1.807, 2.05) is 49.4 Å². The Morgan fingerprint density at radius 2 is 1.70 bits per heavy atom. The van der Waals surface area contributed by atoms with Crippen LogP contribution in [0.2, 0.25) is 0 Å². The van der Waals surface area contributed by atoms with Crippen LogP contribution in [0.1, 0.15) is 19.4 Å². The lowest BCUT2D eigenvalue weighted by atomic mass is 10.0. The van der Waals surface area contributed by atoms with Crippen LogP contribution in [-0.4, -0.2) is 78.9 Å². The molecule has 0 aromatic heterocycles. The molecule has 0 saturated heterocycles. The van der Waals surface area contributed by atoms with Crippen molar-refractivity contribution in [1.82, 2.24) is 9.80 Å². The van der Waals surface area contributed by atoms with Gasteiger partial charge in [-0.3, -0.25) is 4.79 Å². The molecule has 4 aromatic carbocycles. The second-order valence-electron chi connectivity index (χ2n) is 11.9. The lowest BCUT2D eigenvalue weighted by Gasteiger charge is -2.34. The second kappa shape index (κ2) is 14.9. The number of likely N-dealkylation sites (N-methyl/N-ethyl adjacent to an activating group) is 1. The molecule has 0 saturated carbocycles. The van der Waals surface area contributed by atoms with Crippen molar-refractivity contribution in [2.75, 3.05) is 49.8 Å². The Bertz CT molecular complexity index is 1720. The number of hydrogen-bond donors (Lipinski definition) is 4. The summed E-state index contributed by atoms with van der Waals surface area (Å²) in [6, 6.07) is 24.5. The Kier molecular flexibility index (Phi) is 10.5. The van der Waals surface area contributed by atoms with E-state index in [0.717, 1.165) is 10.8 Å². The largest absolute Gasteiger partial charge is 0.497 e. The van der Waals surface area contributed by atoms with Crippen LogP contribution in [0.5, 0.6) is 11.5 Å². The number of urea groups is 2. The number of aliphatic hydroxyl groups excluding tert-OH is 1. The molecular weight excluding hydrogens is 598 g/mol. The van der Waals surface area contributed by atoms with Crippen molar-refractivity contribution in [1.29, 1.82) is 0 Å². The van der Waals surface area contributed by atoms with E-state index >= 15 is 0 Å². The van der Waals surface area contributed by atoms with Crippen LogP contribution in [-0.2, 0) is 11.2 Å². The molecule has 5 rings (SSSR count). The highest BCUT2D eigenvalue weighted by Crippen LogP contribution is 2.30. The molecule has 3 atom stereocenters. The molecule has 1 aliphatic heterocycles. The third kappa shape index (κ3) is 8.11. The fraction of sp³-hybridized carbons (Fsp3) is 0.306. The van der Waals surface area contributed by atoms with Gasteiger partial charge in [0, 0.05) is 41.8 Å². The van der Waals surface area contributed by atoms with Crippen molar-refractivity contribution >= 4 is 45.8 Å². The van der Waals surface area contributed by atoms with Gasteiger partial charge in [-0.1, -0.05) is 43.3 Å². The maximum absolute atomic E-state index is 13.6. The Balaban J connectivity index is 1.35. The van der Waals surface area contributed by atoms with E-state index in [0.29, 0.717) is 40.7 Å². The van der Waals surface area contributed by atoms with Gasteiger partial charge < -0.3 is 40.3 Å². The third-order valence-electron chi connectivity index (χ3n) is 8.35. The van der Waals surface area contributed by atoms with Crippen LogP contribution in [0.15, 0.2) is 84.9 Å². The van der Waals surface area contributed by atoms with Crippen molar-refractivity contribution in [3.8, 4) is 11.5 Å². The highest BCUT2D eigenvalue weighted by Gasteiger charge is 2.32. The van der Waals surface area contributed by atoms with Crippen LogP contribution in [0.25, 0.3) is 10.8 Å². The predicted molar refractivity (Wildman–Crippen MR) is 183 cm³/mol. The average molecular weight is 640 g/mol. The number of carbonyl (C=O) groups is 3. The number of hydrogen-bond acceptors (Lipinski definition) is 6. The zero-order chi connectivity index (χ0) is 33.5. The first-order chi connectivity index (χ1) is 22.6. The molecule has 0 aliphatic carbocycles. The summed E-state index contributed by atoms with van der Waals surface area (Å²) < 4.78 is 11.7. The van der Waals surface area contributed by atoms with E-state index in [2.05, 4.69) is 16.0 Å². The molecule has 11 heteroatoms. The highest BCUT2D eigenvalue weighted by molar-refractivity contribution is 6.01. The minimum Gasteiger partial charge on any atom is -0.497 e. The van der Waals surface area contributed by atoms with Gasteiger partial charge in [-0.05, 0) is 60.8 Å². The molecule has 246 valence electrons. The van der Waals surface area contributed by atoms with E-state index in [4.69, 9.17) is 9.47 Å². The summed E-state index contributed by atoms with van der Waals surface area (Å²) >= 11 is 0. The van der Waals surface area contributed by atoms with E-state index in [1.165, 1.54) is 0 Å². The number of aliphatic hydroxyl groups is 1. The zero-order valence-corrected chi connectivity index (χ0v) is 27.0. The molecule has 4 aromatic rings. The van der Waals surface area contributed by atoms with Crippen molar-refractivity contribution in [2.24, 2.45) is 5.92 Å². The summed E-state index contributed by atoms with van der Waals surface area (Å²) in [5.41, 5.74) is 2.35. The molecule has 0 bridgehead atoms. The fourth-order valence-electron chi connectivity index (χ4n) is 5.59. The van der Waals surface area contributed by atoms with E-state index in [9.17, 15) is 19.5 Å². The van der Waals surface area contributed by atoms with Gasteiger partial charge in [-0.2, -0.15) is 0 Å². The lowest BCUT2D eigenvalue weighted by molar-refractivity contribution is -0.134. The van der Waals surface area contributed by atoms with E-state index in [-0.39, 0.29) is 37.4 Å². The molecule has 4 N–H and O–H groups in total. The third-order valence-corrected chi connectivity index (χ3v) is 8.35. The standard InChI is InChI=1S/C36H41N5O6/c1-23-20-41(24(2)22-42)34(43)19-26-18-28(38-35(44)37-27-12-15-29(46-4)16-13-27)14-17-32(26)47-33(23)21-40(3)36(45)39-31-11-7-9-25-8-5-6-10-30(25)31/h5-18,23-24,33,42H,19-22H2,1-4H3,(H,39,45)(H2,37,38,44)/t23-,24+,33+/m0/s1. The van der Waals surface area contributed by atoms with Crippen molar-refractivity contribution in [3.63, 3.8) is 0 Å². The van der Waals surface area contributed by atoms with Crippen LogP contribution in [0.4, 0.5) is 26.7 Å². The highest BCUT2D eigenvalue weighted by atomic mass is 16.5. The Hall–Kier alpha value is -5.29. The minimum atomic E-state index is -0.492. The van der Waals surface area contributed by atoms with Crippen molar-refractivity contribution in [2.45, 2.75) is 32.4 Å². The van der Waals surface area contributed by atoms with Crippen molar-refractivity contribution < 1.29 is 29.0 Å². The number of nitrogens with one attached hydrogen (secondary N) is 3. The maximum Gasteiger partial charge on any atom is 0.323 e. The Morgan fingerprint density at radius 1 is 1.00 bits per heavy atom. The number of anilines is 3. The van der Waals surface area contributed by atoms with Crippen LogP contribution in [0, 0.1) is 5.92 Å². The van der Waals surface area contributed by atoms with E-state index < -0.39 is 18.2 Å². The number of amides is 5. The summed E-state index contributed by atoms with van der Waals surface area (Å²) in [5, 5.41) is 20.5. The average Bonchev–Trinajstić information content (AvgIpc) is 3.11. The monoisotopic (exact) mass is 639 g/mol. The summed E-state index contributed by atoms with van der Waals surface area (Å²) in [6.07, 6.45) is -0.486. The maximum atomic E-state index is 13.6. The number of ether oxygens (including phenoxy) is 2. The molecule has 1 heterocycles. The molecule has 0 spiro atoms. The molecule has 47 heavy (non-hydrogen) atoms. The smallest absolute Gasteiger partial charge is 0.323 e. The molecular formula is C36H41N5O6. The molecule has 5 amide bonds. The molecule has 0 unspecified atom stereocenters. The minimum absolute atomic E-state index is 0.00609. The Morgan fingerprint density at radius 3 is 2.45 bits per heavy atom.